The molecule has 3 aromatic rings. The van der Waals surface area contributed by atoms with Crippen LogP contribution in [0.15, 0.2) is 83.6 Å². The SMILES string of the molecule is COc1ccc2c(c1OC)OC1c3c(C[NH+]4C=C5C=CN=C5C4)cc(OC4OC(C(OC(=O)CC(=O)[O-])C(N)N)C(O)C(O)C4O)cc3OC(Cc3ccccc3)C21. The Balaban J connectivity index is 1.18. The van der Waals surface area contributed by atoms with E-state index in [1.807, 2.05) is 48.5 Å². The summed E-state index contributed by atoms with van der Waals surface area (Å²) in [5.41, 5.74) is 17.2. The molecule has 8 rings (SSSR count). The van der Waals surface area contributed by atoms with E-state index in [2.05, 4.69) is 11.2 Å². The number of hydrogen-bond donors (Lipinski definition) is 6. The topological polar surface area (TPSA) is 251 Å². The van der Waals surface area contributed by atoms with E-state index in [9.17, 15) is 30.0 Å². The molecule has 10 atom stereocenters. The van der Waals surface area contributed by atoms with Crippen LogP contribution in [-0.2, 0) is 32.0 Å². The van der Waals surface area contributed by atoms with Crippen LogP contribution in [0.4, 0.5) is 0 Å². The number of quaternary nitrogens is 1. The molecule has 0 aromatic heterocycles. The highest BCUT2D eigenvalue weighted by molar-refractivity contribution is 6.06. The number of methoxy groups -OCH3 is 2. The second-order valence-electron chi connectivity index (χ2n) is 14.8. The molecule has 10 unspecified atom stereocenters. The third-order valence-corrected chi connectivity index (χ3v) is 11.0. The normalized spacial score (nSPS) is 28.2. The van der Waals surface area contributed by atoms with Crippen LogP contribution in [0.5, 0.6) is 28.7 Å². The molecule has 5 aliphatic rings. The van der Waals surface area contributed by atoms with Crippen LogP contribution in [0.25, 0.3) is 0 Å². The molecule has 8 N–H and O–H groups in total. The van der Waals surface area contributed by atoms with E-state index in [0.717, 1.165) is 38.4 Å². The van der Waals surface area contributed by atoms with E-state index >= 15 is 0 Å². The molecule has 58 heavy (non-hydrogen) atoms. The fourth-order valence-electron chi connectivity index (χ4n) is 8.39. The Morgan fingerprint density at radius 2 is 1.81 bits per heavy atom. The summed E-state index contributed by atoms with van der Waals surface area (Å²) in [6.07, 6.45) is -7.83. The van der Waals surface area contributed by atoms with Gasteiger partial charge in [-0.15, -0.1) is 0 Å². The van der Waals surface area contributed by atoms with Crippen molar-refractivity contribution in [1.82, 2.24) is 0 Å². The average molecular weight is 801 g/mol. The predicted molar refractivity (Wildman–Crippen MR) is 200 cm³/mol. The summed E-state index contributed by atoms with van der Waals surface area (Å²) in [5, 5.41) is 44.1. The number of nitrogens with zero attached hydrogens (tertiary/aromatic N) is 1. The first kappa shape index (κ1) is 39.3. The van der Waals surface area contributed by atoms with Crippen LogP contribution in [0.1, 0.15) is 40.7 Å². The summed E-state index contributed by atoms with van der Waals surface area (Å²) in [6.45, 7) is 1.05. The van der Waals surface area contributed by atoms with Gasteiger partial charge in [-0.2, -0.15) is 0 Å². The molecule has 306 valence electrons. The monoisotopic (exact) mass is 800 g/mol. The maximum atomic E-state index is 12.3. The van der Waals surface area contributed by atoms with Crippen LogP contribution in [-0.4, -0.2) is 103 Å². The Hall–Kier alpha value is -5.53. The minimum atomic E-state index is -1.89. The Bertz CT molecular complexity index is 2160. The smallest absolute Gasteiger partial charge is 0.311 e. The van der Waals surface area contributed by atoms with Gasteiger partial charge in [0.25, 0.3) is 0 Å². The molecule has 0 amide bonds. The van der Waals surface area contributed by atoms with Gasteiger partial charge in [-0.1, -0.05) is 36.4 Å². The number of esters is 1. The van der Waals surface area contributed by atoms with E-state index in [1.165, 1.54) is 0 Å². The van der Waals surface area contributed by atoms with Crippen molar-refractivity contribution >= 4 is 17.7 Å². The van der Waals surface area contributed by atoms with Gasteiger partial charge in [0, 0.05) is 35.4 Å². The van der Waals surface area contributed by atoms with Crippen molar-refractivity contribution in [1.29, 1.82) is 0 Å². The summed E-state index contributed by atoms with van der Waals surface area (Å²) in [4.78, 5) is 28.9. The maximum Gasteiger partial charge on any atom is 0.311 e. The molecular weight excluding hydrogens is 756 g/mol. The minimum absolute atomic E-state index is 0.165. The van der Waals surface area contributed by atoms with Crippen molar-refractivity contribution in [2.24, 2.45) is 16.5 Å². The van der Waals surface area contributed by atoms with Gasteiger partial charge in [-0.25, -0.2) is 0 Å². The number of carbonyl (C=O) groups excluding carboxylic acids is 2. The Morgan fingerprint density at radius 1 is 1.02 bits per heavy atom. The summed E-state index contributed by atoms with van der Waals surface area (Å²) in [7, 11) is 3.12. The molecule has 5 heterocycles. The number of rotatable bonds is 13. The van der Waals surface area contributed by atoms with E-state index in [1.54, 1.807) is 32.6 Å². The van der Waals surface area contributed by atoms with Crippen LogP contribution in [0.3, 0.4) is 0 Å². The van der Waals surface area contributed by atoms with E-state index in [-0.39, 0.29) is 11.7 Å². The number of carboxylic acids is 1. The lowest BCUT2D eigenvalue weighted by Gasteiger charge is -2.43. The molecule has 1 saturated heterocycles. The lowest BCUT2D eigenvalue weighted by molar-refractivity contribution is -0.848. The summed E-state index contributed by atoms with van der Waals surface area (Å²) < 4.78 is 42.6. The molecule has 0 saturated carbocycles. The predicted octanol–water partition coefficient (Wildman–Crippen LogP) is -1.34. The van der Waals surface area contributed by atoms with Gasteiger partial charge < -0.3 is 69.8 Å². The van der Waals surface area contributed by atoms with E-state index in [0.29, 0.717) is 42.5 Å². The van der Waals surface area contributed by atoms with Crippen LogP contribution >= 0.6 is 0 Å². The van der Waals surface area contributed by atoms with Crippen LogP contribution in [0, 0.1) is 0 Å². The van der Waals surface area contributed by atoms with Gasteiger partial charge in [0.05, 0.1) is 44.3 Å². The number of nitrogens with one attached hydrogen (secondary N) is 1. The fourth-order valence-corrected chi connectivity index (χ4v) is 8.39. The molecule has 0 aliphatic carbocycles. The number of carboxylic acid groups (broad SMARTS) is 1. The first-order chi connectivity index (χ1) is 27.9. The maximum absolute atomic E-state index is 12.3. The molecule has 17 nitrogen and oxygen atoms in total. The van der Waals surface area contributed by atoms with Gasteiger partial charge in [-0.05, 0) is 23.8 Å². The number of ether oxygens (including phenoxy) is 7. The van der Waals surface area contributed by atoms with Crippen molar-refractivity contribution in [3.05, 3.63) is 101 Å². The summed E-state index contributed by atoms with van der Waals surface area (Å²) in [5.74, 6) is -1.13. The second kappa shape index (κ2) is 16.0. The second-order valence-corrected chi connectivity index (χ2v) is 14.8. The number of allylic oxidation sites excluding steroid dienone is 1. The average Bonchev–Trinajstić information content (AvgIpc) is 3.91. The molecule has 0 radical (unpaired) electrons. The molecule has 5 aliphatic heterocycles. The lowest BCUT2D eigenvalue weighted by atomic mass is 9.80. The third kappa shape index (κ3) is 7.37. The standard InChI is InChI=1S/C41H44N4O13/c1-52-25-9-8-23-31-26(12-19-6-4-3-5-7-19)55-27-14-22(54-41-34(51)32(49)33(50)38(58-41)39(40(42)43)56-29(48)15-28(46)47)13-21(17-45-16-20-10-11-44-24(20)18-45)30(27)37(31)57-35(23)36(25)53-2/h3-11,13-14,16,26,31-34,37-41,49-51H,12,15,17-18,42-43H2,1-2H3,(H,46,47). The Labute approximate surface area is 332 Å². The van der Waals surface area contributed by atoms with Gasteiger partial charge >= 0.3 is 5.97 Å². The zero-order chi connectivity index (χ0) is 40.8. The number of aliphatic imine (C=N–C) groups is 1. The molecular formula is C41H44N4O13. The molecule has 17 heteroatoms. The van der Waals surface area contributed by atoms with E-state index in [4.69, 9.17) is 44.6 Å². The fraction of sp³-hybridized carbons (Fsp3) is 0.390. The number of nitrogens with two attached hydrogens (primary N) is 2. The minimum Gasteiger partial charge on any atom is -0.550 e. The number of carbonyl (C=O) groups is 2. The first-order valence-corrected chi connectivity index (χ1v) is 18.8. The Morgan fingerprint density at radius 3 is 2.52 bits per heavy atom. The van der Waals surface area contributed by atoms with Crippen molar-refractivity contribution in [3.8, 4) is 28.7 Å². The zero-order valence-electron chi connectivity index (χ0n) is 31.6. The highest BCUT2D eigenvalue weighted by atomic mass is 16.7. The van der Waals surface area contributed by atoms with Gasteiger partial charge in [0.15, 0.2) is 17.6 Å². The van der Waals surface area contributed by atoms with Crippen LogP contribution in [0.2, 0.25) is 0 Å². The molecule has 0 spiro atoms. The van der Waals surface area contributed by atoms with Crippen molar-refractivity contribution in [3.63, 3.8) is 0 Å². The van der Waals surface area contributed by atoms with Crippen molar-refractivity contribution < 1.29 is 68.1 Å². The third-order valence-electron chi connectivity index (χ3n) is 11.0. The number of fused-ring (bicyclic) bond motifs is 6. The molecule has 3 aromatic carbocycles. The van der Waals surface area contributed by atoms with Crippen molar-refractivity contribution in [2.45, 2.75) is 80.5 Å². The number of aliphatic hydroxyl groups is 3. The zero-order valence-corrected chi connectivity index (χ0v) is 31.6. The first-order valence-electron chi connectivity index (χ1n) is 18.8. The largest absolute Gasteiger partial charge is 0.550 e. The molecule has 0 bridgehead atoms. The Kier molecular flexibility index (Phi) is 10.9. The van der Waals surface area contributed by atoms with Crippen LogP contribution < -0.4 is 45.2 Å². The number of aliphatic carboxylic acids is 1. The number of hydrogen-bond acceptors (Lipinski definition) is 16. The highest BCUT2D eigenvalue weighted by Gasteiger charge is 2.52. The summed E-state index contributed by atoms with van der Waals surface area (Å²) >= 11 is 0. The van der Waals surface area contributed by atoms with Gasteiger partial charge in [0.1, 0.15) is 73.1 Å². The van der Waals surface area contributed by atoms with Crippen molar-refractivity contribution in [2.75, 3.05) is 20.8 Å². The number of benzene rings is 3. The number of aliphatic hydroxyl groups excluding tert-OH is 3. The van der Waals surface area contributed by atoms with Gasteiger partial charge in [0.2, 0.25) is 12.0 Å². The quantitative estimate of drug-likeness (QED) is 0.0665. The highest BCUT2D eigenvalue weighted by Crippen LogP contribution is 2.59. The summed E-state index contributed by atoms with van der Waals surface area (Å²) in [6, 6.07) is 17.2. The van der Waals surface area contributed by atoms with E-state index < -0.39 is 73.5 Å². The van der Waals surface area contributed by atoms with Gasteiger partial charge in [-0.3, -0.25) is 14.7 Å². The lowest BCUT2D eigenvalue weighted by Crippen LogP contribution is -3.05. The molecule has 1 fully saturated rings.